The number of fused-ring (bicyclic) bond motifs is 1. The van der Waals surface area contributed by atoms with Gasteiger partial charge in [0.1, 0.15) is 11.8 Å². The van der Waals surface area contributed by atoms with E-state index in [-0.39, 0.29) is 18.8 Å². The van der Waals surface area contributed by atoms with Gasteiger partial charge in [0, 0.05) is 0 Å². The Morgan fingerprint density at radius 2 is 2.31 bits per heavy atom. The minimum absolute atomic E-state index is 0.0518. The average Bonchev–Trinajstić information content (AvgIpc) is 2.60. The van der Waals surface area contributed by atoms with Crippen molar-refractivity contribution >= 4 is 11.8 Å². The smallest absolute Gasteiger partial charge is 0.320 e. The number of nitrogens with two attached hydrogens (primary N) is 1. The number of Topliss-reactive ketones (excluding diaryl/α,β-unsaturated/α-hetero) is 1. The summed E-state index contributed by atoms with van der Waals surface area (Å²) in [6, 6.07) is 4.08. The zero-order valence-corrected chi connectivity index (χ0v) is 8.47. The summed E-state index contributed by atoms with van der Waals surface area (Å²) in [4.78, 5) is 21.8. The van der Waals surface area contributed by atoms with E-state index < -0.39 is 12.0 Å². The molecule has 1 heterocycles. The normalized spacial score (nSPS) is 15.4. The summed E-state index contributed by atoms with van der Waals surface area (Å²) in [7, 11) is 0. The second-order valence-electron chi connectivity index (χ2n) is 3.69. The zero-order valence-electron chi connectivity index (χ0n) is 8.47. The number of carboxylic acids is 1. The van der Waals surface area contributed by atoms with Crippen molar-refractivity contribution in [2.24, 2.45) is 5.73 Å². The Labute approximate surface area is 91.8 Å². The van der Waals surface area contributed by atoms with Crippen LogP contribution in [0, 0.1) is 0 Å². The zero-order chi connectivity index (χ0) is 11.7. The molecule has 1 aromatic carbocycles. The number of rotatable bonds is 3. The number of hydrogen-bond donors (Lipinski definition) is 2. The van der Waals surface area contributed by atoms with E-state index in [1.54, 1.807) is 18.2 Å². The van der Waals surface area contributed by atoms with Crippen LogP contribution < -0.4 is 10.5 Å². The van der Waals surface area contributed by atoms with E-state index in [0.717, 1.165) is 5.56 Å². The van der Waals surface area contributed by atoms with Crippen LogP contribution in [0.4, 0.5) is 0 Å². The highest BCUT2D eigenvalue weighted by molar-refractivity contribution is 6.02. The molecule has 0 spiro atoms. The van der Waals surface area contributed by atoms with Gasteiger partial charge >= 0.3 is 5.97 Å². The molecule has 16 heavy (non-hydrogen) atoms. The Hall–Kier alpha value is -1.88. The molecule has 0 saturated heterocycles. The van der Waals surface area contributed by atoms with Gasteiger partial charge in [0.25, 0.3) is 0 Å². The quantitative estimate of drug-likeness (QED) is 0.761. The molecule has 1 aliphatic rings. The van der Waals surface area contributed by atoms with Crippen molar-refractivity contribution in [3.8, 4) is 5.75 Å². The van der Waals surface area contributed by atoms with Crippen molar-refractivity contribution in [1.82, 2.24) is 0 Å². The maximum absolute atomic E-state index is 11.3. The Morgan fingerprint density at radius 3 is 3.00 bits per heavy atom. The van der Waals surface area contributed by atoms with Crippen LogP contribution in [0.1, 0.15) is 15.9 Å². The molecule has 0 amide bonds. The van der Waals surface area contributed by atoms with E-state index >= 15 is 0 Å². The van der Waals surface area contributed by atoms with Crippen molar-refractivity contribution in [3.63, 3.8) is 0 Å². The first-order valence-corrected chi connectivity index (χ1v) is 4.85. The fraction of sp³-hybridized carbons (Fsp3) is 0.273. The maximum atomic E-state index is 11.3. The fourth-order valence-corrected chi connectivity index (χ4v) is 1.61. The van der Waals surface area contributed by atoms with Gasteiger partial charge < -0.3 is 15.6 Å². The van der Waals surface area contributed by atoms with Crippen LogP contribution in [0.15, 0.2) is 18.2 Å². The van der Waals surface area contributed by atoms with Gasteiger partial charge in [-0.2, -0.15) is 0 Å². The van der Waals surface area contributed by atoms with Crippen LogP contribution in [0.25, 0.3) is 0 Å². The molecular weight excluding hydrogens is 210 g/mol. The summed E-state index contributed by atoms with van der Waals surface area (Å²) in [6.07, 6.45) is 0.222. The molecule has 5 heteroatoms. The second-order valence-corrected chi connectivity index (χ2v) is 3.69. The highest BCUT2D eigenvalue weighted by Gasteiger charge is 2.21. The van der Waals surface area contributed by atoms with E-state index in [1.807, 2.05) is 0 Å². The molecule has 0 fully saturated rings. The molecule has 0 radical (unpaired) electrons. The van der Waals surface area contributed by atoms with Gasteiger partial charge in [-0.15, -0.1) is 0 Å². The van der Waals surface area contributed by atoms with E-state index in [0.29, 0.717) is 11.3 Å². The van der Waals surface area contributed by atoms with E-state index in [9.17, 15) is 9.59 Å². The van der Waals surface area contributed by atoms with Crippen LogP contribution in [0.3, 0.4) is 0 Å². The molecular formula is C11H11NO4. The standard InChI is InChI=1S/C11H11NO4/c12-8(11(14)15)3-6-1-2-7-9(13)5-16-10(7)4-6/h1-2,4,8H,3,5,12H2,(H,14,15)/t8-/m0/s1. The lowest BCUT2D eigenvalue weighted by atomic mass is 10.0. The average molecular weight is 221 g/mol. The van der Waals surface area contributed by atoms with E-state index in [2.05, 4.69) is 0 Å². The number of carbonyl (C=O) groups is 2. The minimum Gasteiger partial charge on any atom is -0.485 e. The first-order valence-electron chi connectivity index (χ1n) is 4.85. The fourth-order valence-electron chi connectivity index (χ4n) is 1.61. The van der Waals surface area contributed by atoms with Crippen LogP contribution in [-0.2, 0) is 11.2 Å². The number of aliphatic carboxylic acids is 1. The Kier molecular flexibility index (Phi) is 2.62. The van der Waals surface area contributed by atoms with Crippen LogP contribution in [0.5, 0.6) is 5.75 Å². The summed E-state index contributed by atoms with van der Waals surface area (Å²) in [5, 5.41) is 8.67. The third kappa shape index (κ3) is 1.90. The van der Waals surface area contributed by atoms with Crippen LogP contribution >= 0.6 is 0 Å². The highest BCUT2D eigenvalue weighted by Crippen LogP contribution is 2.26. The lowest BCUT2D eigenvalue weighted by Gasteiger charge is -2.07. The van der Waals surface area contributed by atoms with Gasteiger partial charge in [0.2, 0.25) is 5.78 Å². The Bertz CT molecular complexity index is 455. The van der Waals surface area contributed by atoms with Crippen LogP contribution in [0.2, 0.25) is 0 Å². The molecule has 1 aromatic rings. The molecule has 0 bridgehead atoms. The maximum Gasteiger partial charge on any atom is 0.320 e. The number of carbonyl (C=O) groups excluding carboxylic acids is 1. The molecule has 0 aliphatic carbocycles. The van der Waals surface area contributed by atoms with Crippen molar-refractivity contribution in [3.05, 3.63) is 29.3 Å². The summed E-state index contributed by atoms with van der Waals surface area (Å²) < 4.78 is 5.16. The number of ketones is 1. The summed E-state index contributed by atoms with van der Waals surface area (Å²) in [6.45, 7) is 0.0593. The van der Waals surface area contributed by atoms with E-state index in [1.165, 1.54) is 0 Å². The van der Waals surface area contributed by atoms with Crippen molar-refractivity contribution < 1.29 is 19.4 Å². The van der Waals surface area contributed by atoms with Crippen molar-refractivity contribution in [1.29, 1.82) is 0 Å². The van der Waals surface area contributed by atoms with Gasteiger partial charge in [-0.25, -0.2) is 0 Å². The van der Waals surface area contributed by atoms with Gasteiger partial charge in [-0.05, 0) is 24.1 Å². The number of carboxylic acid groups (broad SMARTS) is 1. The third-order valence-corrected chi connectivity index (χ3v) is 2.48. The van der Waals surface area contributed by atoms with Crippen LogP contribution in [-0.4, -0.2) is 29.5 Å². The molecule has 1 aliphatic heterocycles. The highest BCUT2D eigenvalue weighted by atomic mass is 16.5. The monoisotopic (exact) mass is 221 g/mol. The summed E-state index contributed by atoms with van der Waals surface area (Å²) in [5.74, 6) is -0.582. The third-order valence-electron chi connectivity index (χ3n) is 2.48. The lowest BCUT2D eigenvalue weighted by molar-refractivity contribution is -0.138. The second kappa shape index (κ2) is 3.94. The van der Waals surface area contributed by atoms with Gasteiger partial charge in [0.15, 0.2) is 6.61 Å². The number of ether oxygens (including phenoxy) is 1. The Morgan fingerprint density at radius 1 is 1.56 bits per heavy atom. The van der Waals surface area contributed by atoms with Crippen molar-refractivity contribution in [2.75, 3.05) is 6.61 Å². The van der Waals surface area contributed by atoms with E-state index in [4.69, 9.17) is 15.6 Å². The van der Waals surface area contributed by atoms with Gasteiger partial charge in [0.05, 0.1) is 5.56 Å². The van der Waals surface area contributed by atoms with Crippen molar-refractivity contribution in [2.45, 2.75) is 12.5 Å². The predicted molar refractivity (Wildman–Crippen MR) is 55.6 cm³/mol. The molecule has 0 unspecified atom stereocenters. The molecule has 0 aromatic heterocycles. The first-order chi connectivity index (χ1) is 7.58. The topological polar surface area (TPSA) is 89.6 Å². The summed E-state index contributed by atoms with van der Waals surface area (Å²) >= 11 is 0. The number of benzene rings is 1. The number of hydrogen-bond acceptors (Lipinski definition) is 4. The molecule has 2 rings (SSSR count). The lowest BCUT2D eigenvalue weighted by Crippen LogP contribution is -2.32. The predicted octanol–water partition coefficient (Wildman–Crippen LogP) is 0.216. The Balaban J connectivity index is 2.19. The summed E-state index contributed by atoms with van der Waals surface area (Å²) in [5.41, 5.74) is 6.72. The van der Waals surface area contributed by atoms with Gasteiger partial charge in [-0.3, -0.25) is 9.59 Å². The molecule has 1 atom stereocenters. The molecule has 0 saturated carbocycles. The largest absolute Gasteiger partial charge is 0.485 e. The molecule has 3 N–H and O–H groups in total. The minimum atomic E-state index is -1.04. The molecule has 84 valence electrons. The first kappa shape index (κ1) is 10.6. The van der Waals surface area contributed by atoms with Gasteiger partial charge in [-0.1, -0.05) is 6.07 Å². The molecule has 5 nitrogen and oxygen atoms in total. The SMILES string of the molecule is N[C@@H](Cc1ccc2c(c1)OCC2=O)C(=O)O.